The van der Waals surface area contributed by atoms with Crippen molar-refractivity contribution >= 4 is 0 Å². The Morgan fingerprint density at radius 1 is 1.12 bits per heavy atom. The third-order valence-electron chi connectivity index (χ3n) is 4.65. The van der Waals surface area contributed by atoms with Gasteiger partial charge in [0.1, 0.15) is 5.75 Å². The van der Waals surface area contributed by atoms with E-state index in [0.29, 0.717) is 18.0 Å². The first-order valence-electron chi connectivity index (χ1n) is 8.86. The van der Waals surface area contributed by atoms with Crippen LogP contribution < -0.4 is 10.1 Å². The summed E-state index contributed by atoms with van der Waals surface area (Å²) in [6.07, 6.45) is 4.18. The van der Waals surface area contributed by atoms with Crippen LogP contribution in [0, 0.1) is 0 Å². The van der Waals surface area contributed by atoms with Crippen LogP contribution in [-0.2, 0) is 6.54 Å². The molecule has 0 saturated carbocycles. The lowest BCUT2D eigenvalue weighted by atomic mass is 10.0. The molecule has 4 heteroatoms. The number of hydrogen-bond acceptors (Lipinski definition) is 4. The second-order valence-electron chi connectivity index (χ2n) is 6.67. The Labute approximate surface area is 144 Å². The maximum atomic E-state index is 5.94. The zero-order valence-corrected chi connectivity index (χ0v) is 14.6. The minimum Gasteiger partial charge on any atom is -0.439 e. The molecule has 0 aliphatic carbocycles. The minimum absolute atomic E-state index is 0.574. The maximum absolute atomic E-state index is 5.94. The second kappa shape index (κ2) is 8.27. The number of pyridine rings is 1. The number of benzene rings is 1. The van der Waals surface area contributed by atoms with Gasteiger partial charge in [-0.15, -0.1) is 0 Å². The zero-order valence-electron chi connectivity index (χ0n) is 14.6. The zero-order chi connectivity index (χ0) is 16.8. The van der Waals surface area contributed by atoms with E-state index in [0.717, 1.165) is 17.9 Å². The number of aromatic nitrogens is 1. The van der Waals surface area contributed by atoms with Gasteiger partial charge in [-0.25, -0.2) is 4.98 Å². The molecular weight excluding hydrogens is 298 g/mol. The van der Waals surface area contributed by atoms with Crippen molar-refractivity contribution in [3.8, 4) is 11.6 Å². The summed E-state index contributed by atoms with van der Waals surface area (Å²) in [7, 11) is 0. The predicted octanol–water partition coefficient (Wildman–Crippen LogP) is 3.84. The highest BCUT2D eigenvalue weighted by molar-refractivity contribution is 5.32. The fraction of sp³-hybridized carbons (Fsp3) is 0.450. The summed E-state index contributed by atoms with van der Waals surface area (Å²) < 4.78 is 5.94. The lowest BCUT2D eigenvalue weighted by molar-refractivity contribution is 0.160. The fourth-order valence-corrected chi connectivity index (χ4v) is 3.12. The highest BCUT2D eigenvalue weighted by atomic mass is 16.5. The third kappa shape index (κ3) is 4.56. The third-order valence-corrected chi connectivity index (χ3v) is 4.65. The van der Waals surface area contributed by atoms with E-state index in [4.69, 9.17) is 4.74 Å². The number of nitrogens with one attached hydrogen (secondary N) is 1. The van der Waals surface area contributed by atoms with Gasteiger partial charge in [-0.3, -0.25) is 0 Å². The van der Waals surface area contributed by atoms with Crippen LogP contribution >= 0.6 is 0 Å². The molecule has 0 unspecified atom stereocenters. The van der Waals surface area contributed by atoms with Gasteiger partial charge in [0, 0.05) is 30.4 Å². The summed E-state index contributed by atoms with van der Waals surface area (Å²) in [6.45, 7) is 7.70. The van der Waals surface area contributed by atoms with Crippen LogP contribution in [-0.4, -0.2) is 35.1 Å². The Bertz CT molecular complexity index is 622. The summed E-state index contributed by atoms with van der Waals surface area (Å²) in [4.78, 5) is 6.95. The molecule has 1 saturated heterocycles. The first-order chi connectivity index (χ1) is 11.7. The average Bonchev–Trinajstić information content (AvgIpc) is 2.62. The van der Waals surface area contributed by atoms with Crippen LogP contribution in [0.2, 0.25) is 0 Å². The summed E-state index contributed by atoms with van der Waals surface area (Å²) in [6, 6.07) is 15.1. The SMILES string of the molecule is CC(C)N1CCC(NCc2cccnc2Oc2ccccc2)CC1. The normalized spacial score (nSPS) is 16.5. The van der Waals surface area contributed by atoms with Crippen molar-refractivity contribution in [2.75, 3.05) is 13.1 Å². The van der Waals surface area contributed by atoms with Gasteiger partial charge >= 0.3 is 0 Å². The summed E-state index contributed by atoms with van der Waals surface area (Å²) >= 11 is 0. The highest BCUT2D eigenvalue weighted by Crippen LogP contribution is 2.23. The minimum atomic E-state index is 0.574. The smallest absolute Gasteiger partial charge is 0.223 e. The van der Waals surface area contributed by atoms with E-state index in [2.05, 4.69) is 35.1 Å². The van der Waals surface area contributed by atoms with E-state index >= 15 is 0 Å². The van der Waals surface area contributed by atoms with Gasteiger partial charge in [-0.2, -0.15) is 0 Å². The standard InChI is InChI=1S/C20H27N3O/c1-16(2)23-13-10-18(11-14-23)22-15-17-7-6-12-21-20(17)24-19-8-4-3-5-9-19/h3-9,12,16,18,22H,10-11,13-15H2,1-2H3. The molecule has 0 spiro atoms. The number of nitrogens with zero attached hydrogens (tertiary/aromatic N) is 2. The van der Waals surface area contributed by atoms with Gasteiger partial charge < -0.3 is 15.0 Å². The van der Waals surface area contributed by atoms with Crippen molar-refractivity contribution in [1.82, 2.24) is 15.2 Å². The second-order valence-corrected chi connectivity index (χ2v) is 6.67. The van der Waals surface area contributed by atoms with Crippen molar-refractivity contribution in [3.05, 3.63) is 54.2 Å². The van der Waals surface area contributed by atoms with E-state index in [1.54, 1.807) is 6.20 Å². The molecule has 1 aliphatic heterocycles. The van der Waals surface area contributed by atoms with Gasteiger partial charge in [0.25, 0.3) is 0 Å². The number of rotatable bonds is 6. The number of hydrogen-bond donors (Lipinski definition) is 1. The molecule has 1 N–H and O–H groups in total. The van der Waals surface area contributed by atoms with Crippen molar-refractivity contribution < 1.29 is 4.74 Å². The van der Waals surface area contributed by atoms with Gasteiger partial charge in [-0.05, 0) is 58.0 Å². The molecule has 0 radical (unpaired) electrons. The first kappa shape index (κ1) is 16.9. The molecule has 2 aromatic rings. The van der Waals surface area contributed by atoms with Gasteiger partial charge in [0.05, 0.1) is 0 Å². The number of piperidine rings is 1. The van der Waals surface area contributed by atoms with Gasteiger partial charge in [-0.1, -0.05) is 24.3 Å². The van der Waals surface area contributed by atoms with Crippen LogP contribution in [0.4, 0.5) is 0 Å². The molecule has 1 aliphatic rings. The monoisotopic (exact) mass is 325 g/mol. The highest BCUT2D eigenvalue weighted by Gasteiger charge is 2.20. The largest absolute Gasteiger partial charge is 0.439 e. The van der Waals surface area contributed by atoms with Crippen LogP contribution in [0.3, 0.4) is 0 Å². The van der Waals surface area contributed by atoms with Crippen molar-refractivity contribution in [3.63, 3.8) is 0 Å². The number of ether oxygens (including phenoxy) is 1. The Kier molecular flexibility index (Phi) is 5.83. The van der Waals surface area contributed by atoms with Crippen molar-refractivity contribution in [2.45, 2.75) is 45.3 Å². The molecule has 1 fully saturated rings. The van der Waals surface area contributed by atoms with Crippen LogP contribution in [0.5, 0.6) is 11.6 Å². The lowest BCUT2D eigenvalue weighted by Gasteiger charge is -2.35. The first-order valence-corrected chi connectivity index (χ1v) is 8.86. The topological polar surface area (TPSA) is 37.4 Å². The van der Waals surface area contributed by atoms with Crippen molar-refractivity contribution in [1.29, 1.82) is 0 Å². The molecule has 128 valence electrons. The summed E-state index contributed by atoms with van der Waals surface area (Å²) in [5, 5.41) is 3.68. The molecule has 1 aromatic heterocycles. The predicted molar refractivity (Wildman–Crippen MR) is 97.3 cm³/mol. The van der Waals surface area contributed by atoms with Crippen LogP contribution in [0.25, 0.3) is 0 Å². The average molecular weight is 325 g/mol. The number of para-hydroxylation sites is 1. The molecule has 0 bridgehead atoms. The van der Waals surface area contributed by atoms with Crippen LogP contribution in [0.1, 0.15) is 32.3 Å². The quantitative estimate of drug-likeness (QED) is 0.876. The van der Waals surface area contributed by atoms with E-state index < -0.39 is 0 Å². The van der Waals surface area contributed by atoms with Gasteiger partial charge in [0.2, 0.25) is 5.88 Å². The maximum Gasteiger partial charge on any atom is 0.223 e. The Hall–Kier alpha value is -1.91. The van der Waals surface area contributed by atoms with Gasteiger partial charge in [0.15, 0.2) is 0 Å². The van der Waals surface area contributed by atoms with E-state index in [-0.39, 0.29) is 0 Å². The molecule has 3 rings (SSSR count). The molecule has 2 heterocycles. The molecule has 1 aromatic carbocycles. The van der Waals surface area contributed by atoms with Crippen LogP contribution in [0.15, 0.2) is 48.7 Å². The van der Waals surface area contributed by atoms with E-state index in [1.165, 1.54) is 25.9 Å². The molecular formula is C20H27N3O. The van der Waals surface area contributed by atoms with E-state index in [9.17, 15) is 0 Å². The summed E-state index contributed by atoms with van der Waals surface area (Å²) in [5.74, 6) is 1.51. The molecule has 0 amide bonds. The Balaban J connectivity index is 1.56. The van der Waals surface area contributed by atoms with Crippen molar-refractivity contribution in [2.24, 2.45) is 0 Å². The Morgan fingerprint density at radius 2 is 1.88 bits per heavy atom. The molecule has 4 nitrogen and oxygen atoms in total. The molecule has 0 atom stereocenters. The summed E-state index contributed by atoms with van der Waals surface area (Å²) in [5.41, 5.74) is 1.10. The fourth-order valence-electron chi connectivity index (χ4n) is 3.12. The lowest BCUT2D eigenvalue weighted by Crippen LogP contribution is -2.44. The Morgan fingerprint density at radius 3 is 2.58 bits per heavy atom. The van der Waals surface area contributed by atoms with E-state index in [1.807, 2.05) is 36.4 Å². The molecule has 24 heavy (non-hydrogen) atoms. The number of likely N-dealkylation sites (tertiary alicyclic amines) is 1.